The van der Waals surface area contributed by atoms with Crippen molar-refractivity contribution in [1.82, 2.24) is 25.1 Å². The van der Waals surface area contributed by atoms with Crippen LogP contribution in [0.1, 0.15) is 97.6 Å². The predicted molar refractivity (Wildman–Crippen MR) is 177 cm³/mol. The Kier molecular flexibility index (Phi) is 9.47. The molecule has 1 aromatic heterocycles. The molecule has 0 radical (unpaired) electrons. The summed E-state index contributed by atoms with van der Waals surface area (Å²) in [5, 5.41) is 3.08. The maximum Gasteiger partial charge on any atom is 0.410 e. The van der Waals surface area contributed by atoms with E-state index in [0.29, 0.717) is 19.5 Å². The van der Waals surface area contributed by atoms with E-state index in [1.54, 1.807) is 4.90 Å². The van der Waals surface area contributed by atoms with E-state index in [9.17, 15) is 14.4 Å². The molecule has 246 valence electrons. The Morgan fingerprint density at radius 3 is 1.93 bits per heavy atom. The number of ether oxygens (including phenoxy) is 2. The molecule has 0 aliphatic carbocycles. The second kappa shape index (κ2) is 13.2. The first-order valence-corrected chi connectivity index (χ1v) is 16.2. The summed E-state index contributed by atoms with van der Waals surface area (Å²) in [6.07, 6.45) is 4.21. The van der Waals surface area contributed by atoms with Crippen LogP contribution >= 0.6 is 0 Å². The first kappa shape index (κ1) is 33.0. The van der Waals surface area contributed by atoms with Gasteiger partial charge in [-0.05, 0) is 96.4 Å². The monoisotopic (exact) mass is 629 g/mol. The summed E-state index contributed by atoms with van der Waals surface area (Å²) in [7, 11) is 0. The second-order valence-corrected chi connectivity index (χ2v) is 14.3. The molecular weight excluding hydrogens is 582 g/mol. The van der Waals surface area contributed by atoms with Crippen molar-refractivity contribution in [2.75, 3.05) is 13.1 Å². The zero-order valence-corrected chi connectivity index (χ0v) is 28.1. The maximum atomic E-state index is 13.1. The van der Waals surface area contributed by atoms with Gasteiger partial charge in [0.1, 0.15) is 23.1 Å². The van der Waals surface area contributed by atoms with Gasteiger partial charge in [0.25, 0.3) is 0 Å². The van der Waals surface area contributed by atoms with E-state index in [4.69, 9.17) is 9.47 Å². The molecule has 3 amide bonds. The fraction of sp³-hybridized carbons (Fsp3) is 0.500. The Hall–Kier alpha value is -4.34. The molecule has 2 aliphatic heterocycles. The summed E-state index contributed by atoms with van der Waals surface area (Å²) >= 11 is 0. The fourth-order valence-corrected chi connectivity index (χ4v) is 6.02. The van der Waals surface area contributed by atoms with Gasteiger partial charge in [-0.25, -0.2) is 14.6 Å². The van der Waals surface area contributed by atoms with Gasteiger partial charge in [0.05, 0.1) is 24.0 Å². The van der Waals surface area contributed by atoms with Crippen LogP contribution in [0.15, 0.2) is 54.7 Å². The number of nitrogens with zero attached hydrogens (tertiary/aromatic N) is 3. The topological polar surface area (TPSA) is 117 Å². The molecule has 46 heavy (non-hydrogen) atoms. The van der Waals surface area contributed by atoms with Crippen molar-refractivity contribution < 1.29 is 23.9 Å². The van der Waals surface area contributed by atoms with Gasteiger partial charge in [0, 0.05) is 13.1 Å². The summed E-state index contributed by atoms with van der Waals surface area (Å²) in [6, 6.07) is 15.5. The smallest absolute Gasteiger partial charge is 0.410 e. The minimum atomic E-state index is -0.610. The maximum absolute atomic E-state index is 13.1. The molecule has 2 aliphatic rings. The molecule has 0 bridgehead atoms. The van der Waals surface area contributed by atoms with Crippen LogP contribution in [0, 0.1) is 0 Å². The number of rotatable bonds is 6. The minimum absolute atomic E-state index is 0.129. The molecule has 3 aromatic rings. The zero-order valence-electron chi connectivity index (χ0n) is 28.1. The summed E-state index contributed by atoms with van der Waals surface area (Å²) in [6.45, 7) is 14.2. The van der Waals surface area contributed by atoms with Gasteiger partial charge in [-0.2, -0.15) is 0 Å². The number of carbonyl (C=O) groups excluding carboxylic acids is 3. The lowest BCUT2D eigenvalue weighted by Gasteiger charge is -2.28. The Labute approximate surface area is 271 Å². The van der Waals surface area contributed by atoms with Gasteiger partial charge in [0.15, 0.2) is 0 Å². The number of hydrogen-bond acceptors (Lipinski definition) is 6. The third-order valence-electron chi connectivity index (χ3n) is 8.27. The van der Waals surface area contributed by atoms with Crippen LogP contribution < -0.4 is 5.32 Å². The van der Waals surface area contributed by atoms with Gasteiger partial charge in [0.2, 0.25) is 5.91 Å². The van der Waals surface area contributed by atoms with Crippen LogP contribution in [0.4, 0.5) is 9.59 Å². The molecular formula is C36H47N5O5. The zero-order chi connectivity index (χ0) is 33.2. The summed E-state index contributed by atoms with van der Waals surface area (Å²) < 4.78 is 11.1. The van der Waals surface area contributed by atoms with Crippen molar-refractivity contribution in [3.8, 4) is 22.4 Å². The average molecular weight is 630 g/mol. The number of imidazole rings is 1. The average Bonchev–Trinajstić information content (AvgIpc) is 3.76. The molecule has 0 saturated carbocycles. The SMILES string of the molecule is C[C@@H](NC(=O)C1CCCN1C(=O)OC(C)(C)C)c1ccc(-c2ccc(-c3cnc([C@@H]4CCCN4C(=O)OC(C)(C)C)[nH]3)cc2)cc1. The third kappa shape index (κ3) is 7.89. The Bertz CT molecular complexity index is 1530. The molecule has 10 nitrogen and oxygen atoms in total. The predicted octanol–water partition coefficient (Wildman–Crippen LogP) is 7.39. The molecule has 2 N–H and O–H groups in total. The highest BCUT2D eigenvalue weighted by atomic mass is 16.6. The molecule has 10 heteroatoms. The standard InChI is InChI=1S/C36H47N5O5/c1-23(38-32(42)30-11-9-21-41(30)34(44)46-36(5,6)7)24-12-14-25(15-13-24)26-16-18-27(19-17-26)28-22-37-31(39-28)29-10-8-20-40(29)33(43)45-35(2,3)4/h12-19,22-23,29-30H,8-11,20-21H2,1-7H3,(H,37,39)(H,38,42)/t23-,29+,30?/m1/s1. The number of aromatic nitrogens is 2. The lowest BCUT2D eigenvalue weighted by atomic mass is 10.00. The Balaban J connectivity index is 1.19. The third-order valence-corrected chi connectivity index (χ3v) is 8.27. The van der Waals surface area contributed by atoms with Crippen LogP contribution in [0.2, 0.25) is 0 Å². The van der Waals surface area contributed by atoms with E-state index >= 15 is 0 Å². The second-order valence-electron chi connectivity index (χ2n) is 14.3. The molecule has 0 spiro atoms. The molecule has 3 heterocycles. The van der Waals surface area contributed by atoms with Crippen LogP contribution in [-0.2, 0) is 14.3 Å². The number of likely N-dealkylation sites (tertiary alicyclic amines) is 2. The number of benzene rings is 2. The minimum Gasteiger partial charge on any atom is -0.444 e. The number of amides is 3. The van der Waals surface area contributed by atoms with E-state index in [2.05, 4.69) is 51.7 Å². The molecule has 2 saturated heterocycles. The molecule has 2 aromatic carbocycles. The van der Waals surface area contributed by atoms with Crippen molar-refractivity contribution in [3.05, 3.63) is 66.1 Å². The number of aromatic amines is 1. The number of carbonyl (C=O) groups is 3. The first-order valence-electron chi connectivity index (χ1n) is 16.2. The van der Waals surface area contributed by atoms with E-state index in [0.717, 1.165) is 53.0 Å². The first-order chi connectivity index (χ1) is 21.7. The van der Waals surface area contributed by atoms with E-state index < -0.39 is 23.3 Å². The van der Waals surface area contributed by atoms with Crippen LogP contribution in [0.25, 0.3) is 22.4 Å². The quantitative estimate of drug-likeness (QED) is 0.294. The van der Waals surface area contributed by atoms with E-state index in [1.807, 2.05) is 66.8 Å². The van der Waals surface area contributed by atoms with Gasteiger partial charge < -0.3 is 19.8 Å². The van der Waals surface area contributed by atoms with Crippen molar-refractivity contribution in [1.29, 1.82) is 0 Å². The lowest BCUT2D eigenvalue weighted by molar-refractivity contribution is -0.126. The normalized spacial score (nSPS) is 19.2. The van der Waals surface area contributed by atoms with Gasteiger partial charge in [-0.3, -0.25) is 14.6 Å². The van der Waals surface area contributed by atoms with Gasteiger partial charge >= 0.3 is 12.2 Å². The van der Waals surface area contributed by atoms with Crippen molar-refractivity contribution in [3.63, 3.8) is 0 Å². The molecule has 1 unspecified atom stereocenters. The van der Waals surface area contributed by atoms with Crippen molar-refractivity contribution >= 4 is 18.1 Å². The number of hydrogen-bond donors (Lipinski definition) is 2. The Morgan fingerprint density at radius 2 is 1.33 bits per heavy atom. The summed E-state index contributed by atoms with van der Waals surface area (Å²) in [4.78, 5) is 49.9. The van der Waals surface area contributed by atoms with E-state index in [-0.39, 0.29) is 24.1 Å². The van der Waals surface area contributed by atoms with Crippen LogP contribution in [0.5, 0.6) is 0 Å². The Morgan fingerprint density at radius 1 is 0.804 bits per heavy atom. The van der Waals surface area contributed by atoms with Crippen molar-refractivity contribution in [2.45, 2.75) is 103 Å². The highest BCUT2D eigenvalue weighted by molar-refractivity contribution is 5.86. The number of nitrogens with one attached hydrogen (secondary N) is 2. The molecule has 2 fully saturated rings. The largest absolute Gasteiger partial charge is 0.444 e. The van der Waals surface area contributed by atoms with Gasteiger partial charge in [-0.1, -0.05) is 48.5 Å². The highest BCUT2D eigenvalue weighted by Gasteiger charge is 2.37. The van der Waals surface area contributed by atoms with Gasteiger partial charge in [-0.15, -0.1) is 0 Å². The highest BCUT2D eigenvalue weighted by Crippen LogP contribution is 2.33. The fourth-order valence-electron chi connectivity index (χ4n) is 6.02. The molecule has 3 atom stereocenters. The summed E-state index contributed by atoms with van der Waals surface area (Å²) in [5.41, 5.74) is 3.85. The van der Waals surface area contributed by atoms with Crippen LogP contribution in [0.3, 0.4) is 0 Å². The molecule has 5 rings (SSSR count). The van der Waals surface area contributed by atoms with Crippen molar-refractivity contribution in [2.24, 2.45) is 0 Å². The van der Waals surface area contributed by atoms with E-state index in [1.165, 1.54) is 4.90 Å². The summed E-state index contributed by atoms with van der Waals surface area (Å²) in [5.74, 6) is 0.604. The van der Waals surface area contributed by atoms with Crippen LogP contribution in [-0.4, -0.2) is 68.2 Å². The number of H-pyrrole nitrogens is 1. The lowest BCUT2D eigenvalue weighted by Crippen LogP contribution is -2.48.